The molecule has 0 aliphatic carbocycles. The predicted molar refractivity (Wildman–Crippen MR) is 119 cm³/mol. The molecular weight excluding hydrogens is 445 g/mol. The summed E-state index contributed by atoms with van der Waals surface area (Å²) in [5.41, 5.74) is 3.10. The first-order valence-electron chi connectivity index (χ1n) is 10.1. The summed E-state index contributed by atoms with van der Waals surface area (Å²) in [7, 11) is -3.55. The van der Waals surface area contributed by atoms with Crippen molar-refractivity contribution >= 4 is 44.6 Å². The number of ether oxygens (including phenoxy) is 1. The zero-order valence-corrected chi connectivity index (χ0v) is 18.8. The molecular formula is C21H23Cl2N3O3S. The van der Waals surface area contributed by atoms with Gasteiger partial charge in [0.25, 0.3) is 0 Å². The molecule has 0 unspecified atom stereocenters. The Kier molecular flexibility index (Phi) is 5.35. The van der Waals surface area contributed by atoms with Gasteiger partial charge in [-0.05, 0) is 48.7 Å². The highest BCUT2D eigenvalue weighted by atomic mass is 35.5. The first-order chi connectivity index (χ1) is 14.4. The summed E-state index contributed by atoms with van der Waals surface area (Å²) >= 11 is 12.3. The van der Waals surface area contributed by atoms with Gasteiger partial charge < -0.3 is 14.5 Å². The number of hydrogen-bond acceptors (Lipinski definition) is 5. The normalized spacial score (nSPS) is 21.7. The maximum Gasteiger partial charge on any atom is 0.243 e. The van der Waals surface area contributed by atoms with Crippen LogP contribution in [-0.2, 0) is 21.3 Å². The fourth-order valence-electron chi connectivity index (χ4n) is 4.61. The van der Waals surface area contributed by atoms with Gasteiger partial charge in [0.2, 0.25) is 10.0 Å². The second kappa shape index (κ2) is 7.88. The van der Waals surface area contributed by atoms with E-state index in [-0.39, 0.29) is 6.17 Å². The number of morpholine rings is 1. The Morgan fingerprint density at radius 2 is 1.77 bits per heavy atom. The fourth-order valence-corrected chi connectivity index (χ4v) is 6.36. The van der Waals surface area contributed by atoms with Gasteiger partial charge in [0.1, 0.15) is 6.17 Å². The maximum atomic E-state index is 13.2. The summed E-state index contributed by atoms with van der Waals surface area (Å²) in [5.74, 6) is 0. The smallest absolute Gasteiger partial charge is 0.243 e. The minimum Gasteiger partial charge on any atom is -0.379 e. The third-order valence-electron chi connectivity index (χ3n) is 6.09. The van der Waals surface area contributed by atoms with Crippen molar-refractivity contribution in [2.75, 3.05) is 42.6 Å². The Hall–Kier alpha value is -1.51. The Labute approximate surface area is 187 Å². The fraction of sp³-hybridized carbons (Fsp3) is 0.429. The van der Waals surface area contributed by atoms with Crippen molar-refractivity contribution in [2.45, 2.75) is 30.4 Å². The molecule has 2 aromatic carbocycles. The monoisotopic (exact) mass is 467 g/mol. The number of rotatable bonds is 4. The van der Waals surface area contributed by atoms with Gasteiger partial charge in [0.05, 0.1) is 39.5 Å². The molecule has 6 nitrogen and oxygen atoms in total. The van der Waals surface area contributed by atoms with Crippen LogP contribution in [0, 0.1) is 0 Å². The van der Waals surface area contributed by atoms with E-state index in [2.05, 4.69) is 9.80 Å². The average Bonchev–Trinajstić information content (AvgIpc) is 3.33. The van der Waals surface area contributed by atoms with Crippen molar-refractivity contribution in [3.8, 4) is 0 Å². The number of nitrogens with zero attached hydrogens (tertiary/aromatic N) is 3. The number of halogens is 2. The van der Waals surface area contributed by atoms with Crippen LogP contribution in [0.3, 0.4) is 0 Å². The molecule has 0 N–H and O–H groups in total. The van der Waals surface area contributed by atoms with E-state index in [1.54, 1.807) is 6.07 Å². The lowest BCUT2D eigenvalue weighted by Gasteiger charge is -2.28. The van der Waals surface area contributed by atoms with E-state index in [1.165, 1.54) is 4.31 Å². The molecule has 1 atom stereocenters. The van der Waals surface area contributed by atoms with Gasteiger partial charge in [-0.1, -0.05) is 29.3 Å². The zero-order chi connectivity index (χ0) is 20.9. The van der Waals surface area contributed by atoms with Crippen molar-refractivity contribution in [1.82, 2.24) is 4.31 Å². The van der Waals surface area contributed by atoms with E-state index in [0.717, 1.165) is 36.3 Å². The molecule has 30 heavy (non-hydrogen) atoms. The van der Waals surface area contributed by atoms with Crippen molar-refractivity contribution in [3.63, 3.8) is 0 Å². The zero-order valence-electron chi connectivity index (χ0n) is 16.4. The van der Waals surface area contributed by atoms with Crippen LogP contribution in [0.2, 0.25) is 10.0 Å². The molecule has 0 saturated carbocycles. The number of benzene rings is 2. The van der Waals surface area contributed by atoms with Gasteiger partial charge >= 0.3 is 0 Å². The van der Waals surface area contributed by atoms with Crippen LogP contribution in [0.25, 0.3) is 0 Å². The molecule has 9 heteroatoms. The molecule has 0 bridgehead atoms. The van der Waals surface area contributed by atoms with Crippen LogP contribution in [0.1, 0.15) is 18.4 Å². The minimum atomic E-state index is -3.55. The van der Waals surface area contributed by atoms with E-state index < -0.39 is 10.0 Å². The van der Waals surface area contributed by atoms with Gasteiger partial charge in [0, 0.05) is 26.2 Å². The van der Waals surface area contributed by atoms with Gasteiger partial charge in [-0.25, -0.2) is 8.42 Å². The molecule has 0 spiro atoms. The molecule has 3 heterocycles. The topological polar surface area (TPSA) is 53.1 Å². The quantitative estimate of drug-likeness (QED) is 0.680. The van der Waals surface area contributed by atoms with Crippen LogP contribution < -0.4 is 9.80 Å². The molecule has 0 aromatic heterocycles. The van der Waals surface area contributed by atoms with Crippen molar-refractivity contribution in [1.29, 1.82) is 0 Å². The molecule has 160 valence electrons. The van der Waals surface area contributed by atoms with E-state index in [9.17, 15) is 8.42 Å². The molecule has 3 aliphatic heterocycles. The summed E-state index contributed by atoms with van der Waals surface area (Å²) in [6.07, 6.45) is 2.40. The summed E-state index contributed by atoms with van der Waals surface area (Å²) < 4.78 is 33.2. The lowest BCUT2D eigenvalue weighted by Crippen LogP contribution is -2.40. The predicted octanol–water partition coefficient (Wildman–Crippen LogP) is 3.96. The van der Waals surface area contributed by atoms with Crippen LogP contribution in [0.5, 0.6) is 0 Å². The summed E-state index contributed by atoms with van der Waals surface area (Å²) in [5, 5.41) is 1.06. The largest absolute Gasteiger partial charge is 0.379 e. The van der Waals surface area contributed by atoms with Crippen LogP contribution >= 0.6 is 23.2 Å². The first-order valence-corrected chi connectivity index (χ1v) is 12.3. The first kappa shape index (κ1) is 20.4. The highest BCUT2D eigenvalue weighted by Crippen LogP contribution is 2.46. The molecule has 2 fully saturated rings. The second-order valence-electron chi connectivity index (χ2n) is 7.86. The molecule has 5 rings (SSSR count). The lowest BCUT2D eigenvalue weighted by atomic mass is 10.1. The lowest BCUT2D eigenvalue weighted by molar-refractivity contribution is 0.0730. The summed E-state index contributed by atoms with van der Waals surface area (Å²) in [4.78, 5) is 5.00. The van der Waals surface area contributed by atoms with Gasteiger partial charge in [-0.2, -0.15) is 4.31 Å². The van der Waals surface area contributed by atoms with Gasteiger partial charge in [-0.15, -0.1) is 0 Å². The van der Waals surface area contributed by atoms with Crippen molar-refractivity contribution in [2.24, 2.45) is 0 Å². The Morgan fingerprint density at radius 3 is 2.53 bits per heavy atom. The van der Waals surface area contributed by atoms with E-state index in [0.29, 0.717) is 47.8 Å². The molecule has 2 aromatic rings. The van der Waals surface area contributed by atoms with Crippen LogP contribution in [-0.4, -0.2) is 51.7 Å². The third-order valence-corrected chi connectivity index (χ3v) is 8.73. The van der Waals surface area contributed by atoms with E-state index in [1.807, 2.05) is 30.3 Å². The van der Waals surface area contributed by atoms with Gasteiger partial charge in [-0.3, -0.25) is 0 Å². The van der Waals surface area contributed by atoms with Crippen LogP contribution in [0.15, 0.2) is 41.3 Å². The van der Waals surface area contributed by atoms with Crippen molar-refractivity contribution < 1.29 is 13.2 Å². The summed E-state index contributed by atoms with van der Waals surface area (Å²) in [6, 6.07) is 11.2. The van der Waals surface area contributed by atoms with Gasteiger partial charge in [0.15, 0.2) is 0 Å². The number of fused-ring (bicyclic) bond motifs is 3. The average molecular weight is 468 g/mol. The number of anilines is 2. The highest BCUT2D eigenvalue weighted by molar-refractivity contribution is 7.89. The summed E-state index contributed by atoms with van der Waals surface area (Å²) in [6.45, 7) is 3.27. The van der Waals surface area contributed by atoms with E-state index in [4.69, 9.17) is 27.9 Å². The molecule has 0 radical (unpaired) electrons. The molecule has 2 saturated heterocycles. The van der Waals surface area contributed by atoms with Crippen LogP contribution in [0.4, 0.5) is 11.4 Å². The Bertz CT molecular complexity index is 1070. The Morgan fingerprint density at radius 1 is 0.967 bits per heavy atom. The number of hydrogen-bond donors (Lipinski definition) is 0. The third kappa shape index (κ3) is 3.46. The molecule has 3 aliphatic rings. The standard InChI is InChI=1S/C21H23Cl2N3O3S/c22-17-5-3-15(12-18(17)23)14-26-20-13-16(30(27,28)24-8-10-29-11-9-24)4-6-19(20)25-7-1-2-21(25)26/h3-6,12-13,21H,1-2,7-11,14H2/t21-/m0/s1. The second-order valence-corrected chi connectivity index (χ2v) is 10.6. The highest BCUT2D eigenvalue weighted by Gasteiger charge is 2.40. The SMILES string of the molecule is O=S(=O)(c1ccc2c(c1)N(Cc1ccc(Cl)c(Cl)c1)[C@H]1CCCN21)N1CCOCC1. The van der Waals surface area contributed by atoms with Crippen molar-refractivity contribution in [3.05, 3.63) is 52.0 Å². The number of sulfonamides is 1. The van der Waals surface area contributed by atoms with E-state index >= 15 is 0 Å². The minimum absolute atomic E-state index is 0.232. The molecule has 0 amide bonds. The maximum absolute atomic E-state index is 13.2. The Balaban J connectivity index is 1.51.